The highest BCUT2D eigenvalue weighted by Gasteiger charge is 2.32. The van der Waals surface area contributed by atoms with Crippen LogP contribution >= 0.6 is 11.6 Å². The Morgan fingerprint density at radius 2 is 1.89 bits per heavy atom. The standard InChI is InChI=1S/C19H20ClF3N4O/c1-13-4-2-3-5-16(13)25-17(28)12-26-6-8-27(9-7-26)18-15(20)10-14(11-24-18)19(21,22)23/h2-5,10-11H,6-9,12H2,1H3,(H,25,28). The first-order chi connectivity index (χ1) is 13.2. The number of halogens is 4. The first-order valence-corrected chi connectivity index (χ1v) is 9.17. The summed E-state index contributed by atoms with van der Waals surface area (Å²) in [5.41, 5.74) is 0.906. The Hall–Kier alpha value is -2.32. The molecule has 1 aromatic heterocycles. The number of aryl methyl sites for hydroxylation is 1. The van der Waals surface area contributed by atoms with Crippen molar-refractivity contribution in [2.45, 2.75) is 13.1 Å². The van der Waals surface area contributed by atoms with Crippen LogP contribution in [0.25, 0.3) is 0 Å². The summed E-state index contributed by atoms with van der Waals surface area (Å²) in [7, 11) is 0. The second kappa shape index (κ2) is 8.36. The number of carbonyl (C=O) groups excluding carboxylic acids is 1. The summed E-state index contributed by atoms with van der Waals surface area (Å²) >= 11 is 6.01. The fraction of sp³-hybridized carbons (Fsp3) is 0.368. The molecule has 0 radical (unpaired) electrons. The van der Waals surface area contributed by atoms with Crippen LogP contribution in [0.2, 0.25) is 5.02 Å². The monoisotopic (exact) mass is 412 g/mol. The lowest BCUT2D eigenvalue weighted by molar-refractivity contribution is -0.137. The van der Waals surface area contributed by atoms with Gasteiger partial charge in [0.1, 0.15) is 5.82 Å². The molecule has 28 heavy (non-hydrogen) atoms. The van der Waals surface area contributed by atoms with E-state index in [1.54, 1.807) is 0 Å². The van der Waals surface area contributed by atoms with Gasteiger partial charge in [-0.15, -0.1) is 0 Å². The molecular formula is C19H20ClF3N4O. The molecule has 0 saturated carbocycles. The number of anilines is 2. The van der Waals surface area contributed by atoms with E-state index in [-0.39, 0.29) is 17.5 Å². The molecule has 2 heterocycles. The van der Waals surface area contributed by atoms with E-state index in [4.69, 9.17) is 11.6 Å². The fourth-order valence-corrected chi connectivity index (χ4v) is 3.33. The lowest BCUT2D eigenvalue weighted by atomic mass is 10.2. The summed E-state index contributed by atoms with van der Waals surface area (Å²) in [6.45, 7) is 4.39. The van der Waals surface area contributed by atoms with Crippen LogP contribution in [0.4, 0.5) is 24.7 Å². The number of pyridine rings is 1. The molecule has 0 bridgehead atoms. The molecule has 1 amide bonds. The Morgan fingerprint density at radius 3 is 2.50 bits per heavy atom. The Kier molecular flexibility index (Phi) is 6.10. The van der Waals surface area contributed by atoms with Gasteiger partial charge in [0.05, 0.1) is 17.1 Å². The van der Waals surface area contributed by atoms with Crippen LogP contribution in [-0.4, -0.2) is 48.5 Å². The second-order valence-electron chi connectivity index (χ2n) is 6.65. The van der Waals surface area contributed by atoms with Crippen molar-refractivity contribution in [1.29, 1.82) is 0 Å². The minimum absolute atomic E-state index is 0.0272. The van der Waals surface area contributed by atoms with Crippen molar-refractivity contribution >= 4 is 29.0 Å². The number of piperazine rings is 1. The van der Waals surface area contributed by atoms with Gasteiger partial charge in [0, 0.05) is 38.1 Å². The molecule has 1 N–H and O–H groups in total. The van der Waals surface area contributed by atoms with Crippen LogP contribution in [0.15, 0.2) is 36.5 Å². The molecule has 3 rings (SSSR count). The summed E-state index contributed by atoms with van der Waals surface area (Å²) in [5, 5.41) is 2.87. The molecule has 0 atom stereocenters. The third-order valence-electron chi connectivity index (χ3n) is 4.61. The van der Waals surface area contributed by atoms with Gasteiger partial charge in [-0.1, -0.05) is 29.8 Å². The molecule has 1 aliphatic heterocycles. The molecule has 150 valence electrons. The van der Waals surface area contributed by atoms with Crippen molar-refractivity contribution < 1.29 is 18.0 Å². The number of para-hydroxylation sites is 1. The van der Waals surface area contributed by atoms with Crippen LogP contribution in [0.5, 0.6) is 0 Å². The topological polar surface area (TPSA) is 48.5 Å². The largest absolute Gasteiger partial charge is 0.417 e. The maximum atomic E-state index is 12.7. The number of carbonyl (C=O) groups is 1. The van der Waals surface area contributed by atoms with Crippen molar-refractivity contribution in [3.05, 3.63) is 52.7 Å². The molecular weight excluding hydrogens is 393 g/mol. The predicted octanol–water partition coefficient (Wildman–Crippen LogP) is 3.82. The number of nitrogens with zero attached hydrogens (tertiary/aromatic N) is 3. The number of hydrogen-bond acceptors (Lipinski definition) is 4. The molecule has 0 aliphatic carbocycles. The predicted molar refractivity (Wildman–Crippen MR) is 103 cm³/mol. The average molecular weight is 413 g/mol. The number of alkyl halides is 3. The van der Waals surface area contributed by atoms with Crippen molar-refractivity contribution in [2.75, 3.05) is 42.9 Å². The van der Waals surface area contributed by atoms with Crippen molar-refractivity contribution in [1.82, 2.24) is 9.88 Å². The van der Waals surface area contributed by atoms with Crippen LogP contribution in [0, 0.1) is 6.92 Å². The fourth-order valence-electron chi connectivity index (χ4n) is 3.04. The van der Waals surface area contributed by atoms with Crippen LogP contribution in [0.3, 0.4) is 0 Å². The summed E-state index contributed by atoms with van der Waals surface area (Å²) in [6.07, 6.45) is -3.68. The van der Waals surface area contributed by atoms with Gasteiger partial charge in [0.15, 0.2) is 0 Å². The molecule has 1 fully saturated rings. The summed E-state index contributed by atoms with van der Waals surface area (Å²) < 4.78 is 38.2. The number of rotatable bonds is 4. The summed E-state index contributed by atoms with van der Waals surface area (Å²) in [6, 6.07) is 8.44. The lowest BCUT2D eigenvalue weighted by Gasteiger charge is -2.35. The SMILES string of the molecule is Cc1ccccc1NC(=O)CN1CCN(c2ncc(C(F)(F)F)cc2Cl)CC1. The molecule has 1 saturated heterocycles. The quantitative estimate of drug-likeness (QED) is 0.829. The van der Waals surface area contributed by atoms with E-state index < -0.39 is 11.7 Å². The third kappa shape index (κ3) is 4.94. The number of nitrogens with one attached hydrogen (secondary N) is 1. The summed E-state index contributed by atoms with van der Waals surface area (Å²) in [5.74, 6) is 0.229. The maximum Gasteiger partial charge on any atom is 0.417 e. The van der Waals surface area contributed by atoms with Crippen LogP contribution < -0.4 is 10.2 Å². The van der Waals surface area contributed by atoms with Gasteiger partial charge in [0.25, 0.3) is 0 Å². The first-order valence-electron chi connectivity index (χ1n) is 8.79. The number of aromatic nitrogens is 1. The lowest BCUT2D eigenvalue weighted by Crippen LogP contribution is -2.49. The highest BCUT2D eigenvalue weighted by atomic mass is 35.5. The van der Waals surface area contributed by atoms with E-state index in [0.717, 1.165) is 23.5 Å². The van der Waals surface area contributed by atoms with E-state index in [2.05, 4.69) is 10.3 Å². The highest BCUT2D eigenvalue weighted by Crippen LogP contribution is 2.33. The van der Waals surface area contributed by atoms with Crippen LogP contribution in [-0.2, 0) is 11.0 Å². The normalized spacial score (nSPS) is 15.5. The van der Waals surface area contributed by atoms with Crippen LogP contribution in [0.1, 0.15) is 11.1 Å². The smallest absolute Gasteiger partial charge is 0.353 e. The van der Waals surface area contributed by atoms with E-state index in [9.17, 15) is 18.0 Å². The number of amides is 1. The van der Waals surface area contributed by atoms with Gasteiger partial charge in [-0.3, -0.25) is 9.69 Å². The molecule has 9 heteroatoms. The third-order valence-corrected chi connectivity index (χ3v) is 4.89. The molecule has 0 unspecified atom stereocenters. The molecule has 1 aromatic carbocycles. The molecule has 0 spiro atoms. The first kappa shape index (κ1) is 20.4. The molecule has 1 aliphatic rings. The Labute approximate surface area is 166 Å². The second-order valence-corrected chi connectivity index (χ2v) is 7.06. The van der Waals surface area contributed by atoms with Crippen molar-refractivity contribution in [2.24, 2.45) is 0 Å². The average Bonchev–Trinajstić information content (AvgIpc) is 2.63. The summed E-state index contributed by atoms with van der Waals surface area (Å²) in [4.78, 5) is 20.0. The Balaban J connectivity index is 1.55. The highest BCUT2D eigenvalue weighted by molar-refractivity contribution is 6.33. The number of hydrogen-bond donors (Lipinski definition) is 1. The van der Waals surface area contributed by atoms with Crippen molar-refractivity contribution in [3.8, 4) is 0 Å². The minimum Gasteiger partial charge on any atom is -0.353 e. The zero-order chi connectivity index (χ0) is 20.3. The van der Waals surface area contributed by atoms with Gasteiger partial charge < -0.3 is 10.2 Å². The van der Waals surface area contributed by atoms with E-state index in [0.29, 0.717) is 32.0 Å². The zero-order valence-electron chi connectivity index (χ0n) is 15.3. The van der Waals surface area contributed by atoms with Gasteiger partial charge in [-0.25, -0.2) is 4.98 Å². The zero-order valence-corrected chi connectivity index (χ0v) is 16.0. The molecule has 2 aromatic rings. The molecule has 5 nitrogen and oxygen atoms in total. The van der Waals surface area contributed by atoms with E-state index in [1.807, 2.05) is 41.0 Å². The van der Waals surface area contributed by atoms with Gasteiger partial charge in [0.2, 0.25) is 5.91 Å². The maximum absolute atomic E-state index is 12.7. The van der Waals surface area contributed by atoms with E-state index >= 15 is 0 Å². The van der Waals surface area contributed by atoms with Gasteiger partial charge in [-0.05, 0) is 24.6 Å². The Morgan fingerprint density at radius 1 is 1.21 bits per heavy atom. The minimum atomic E-state index is -4.47. The van der Waals surface area contributed by atoms with Crippen molar-refractivity contribution in [3.63, 3.8) is 0 Å². The van der Waals surface area contributed by atoms with E-state index in [1.165, 1.54) is 0 Å². The van der Waals surface area contributed by atoms with Gasteiger partial charge >= 0.3 is 6.18 Å². The number of benzene rings is 1. The Bertz CT molecular complexity index is 851. The van der Waals surface area contributed by atoms with Gasteiger partial charge in [-0.2, -0.15) is 13.2 Å².